The van der Waals surface area contributed by atoms with Crippen LogP contribution in [0.3, 0.4) is 0 Å². The van der Waals surface area contributed by atoms with E-state index in [2.05, 4.69) is 15.5 Å². The third-order valence-corrected chi connectivity index (χ3v) is 3.79. The number of carbonyl (C=O) groups is 1. The Labute approximate surface area is 144 Å². The van der Waals surface area contributed by atoms with Gasteiger partial charge in [-0.1, -0.05) is 30.3 Å². The Morgan fingerprint density at radius 2 is 1.88 bits per heavy atom. The van der Waals surface area contributed by atoms with Crippen LogP contribution in [-0.4, -0.2) is 22.7 Å². The van der Waals surface area contributed by atoms with Gasteiger partial charge in [-0.15, -0.1) is 0 Å². The number of carbonyl (C=O) groups excluding carboxylic acids is 1. The second-order valence-electron chi connectivity index (χ2n) is 5.68. The van der Waals surface area contributed by atoms with Gasteiger partial charge in [-0.3, -0.25) is 9.89 Å². The summed E-state index contributed by atoms with van der Waals surface area (Å²) in [5, 5.41) is 9.69. The summed E-state index contributed by atoms with van der Waals surface area (Å²) in [6.07, 6.45) is 0. The molecule has 2 N–H and O–H groups in total. The van der Waals surface area contributed by atoms with Crippen molar-refractivity contribution in [2.45, 2.75) is 13.8 Å². The van der Waals surface area contributed by atoms with Crippen molar-refractivity contribution in [2.24, 2.45) is 0 Å². The molecule has 3 aromatic rings. The zero-order valence-electron chi connectivity index (χ0n) is 14.0. The molecule has 1 heterocycles. The molecule has 0 saturated carbocycles. The van der Waals surface area contributed by atoms with Crippen molar-refractivity contribution >= 4 is 11.7 Å². The van der Waals surface area contributed by atoms with Crippen molar-refractivity contribution in [3.8, 4) is 16.9 Å². The summed E-state index contributed by atoms with van der Waals surface area (Å²) >= 11 is 0. The second-order valence-corrected chi connectivity index (χ2v) is 5.68. The van der Waals surface area contributed by atoms with Gasteiger partial charge in [-0.2, -0.15) is 5.10 Å². The molecule has 0 aliphatic carbocycles. The van der Waals surface area contributed by atoms with E-state index in [0.29, 0.717) is 11.6 Å². The Morgan fingerprint density at radius 3 is 2.60 bits per heavy atom. The zero-order valence-corrected chi connectivity index (χ0v) is 14.0. The molecule has 6 heteroatoms. The average molecular weight is 339 g/mol. The maximum atomic E-state index is 13.1. The summed E-state index contributed by atoms with van der Waals surface area (Å²) in [6.45, 7) is 3.63. The lowest BCUT2D eigenvalue weighted by molar-refractivity contribution is -0.118. The SMILES string of the molecule is Cc1ccccc1OCC(=O)Nc1n[nH]c(C)c1-c1ccc(F)cc1. The van der Waals surface area contributed by atoms with Gasteiger partial charge in [0.05, 0.1) is 0 Å². The first-order chi connectivity index (χ1) is 12.0. The maximum absolute atomic E-state index is 13.1. The van der Waals surface area contributed by atoms with Gasteiger partial charge >= 0.3 is 0 Å². The minimum absolute atomic E-state index is 0.125. The van der Waals surface area contributed by atoms with Crippen molar-refractivity contribution in [1.82, 2.24) is 10.2 Å². The lowest BCUT2D eigenvalue weighted by Crippen LogP contribution is -2.21. The highest BCUT2D eigenvalue weighted by Gasteiger charge is 2.15. The number of ether oxygens (including phenoxy) is 1. The number of halogens is 1. The highest BCUT2D eigenvalue weighted by Crippen LogP contribution is 2.29. The smallest absolute Gasteiger partial charge is 0.263 e. The highest BCUT2D eigenvalue weighted by atomic mass is 19.1. The predicted octanol–water partition coefficient (Wildman–Crippen LogP) is 3.85. The third kappa shape index (κ3) is 3.85. The predicted molar refractivity (Wildman–Crippen MR) is 94.0 cm³/mol. The number of hydrogen-bond donors (Lipinski definition) is 2. The number of hydrogen-bond acceptors (Lipinski definition) is 3. The highest BCUT2D eigenvalue weighted by molar-refractivity contribution is 5.95. The van der Waals surface area contributed by atoms with Gasteiger partial charge < -0.3 is 10.1 Å². The molecule has 2 aromatic carbocycles. The van der Waals surface area contributed by atoms with Gasteiger partial charge in [-0.25, -0.2) is 4.39 Å². The molecular formula is C19H18FN3O2. The lowest BCUT2D eigenvalue weighted by atomic mass is 10.1. The van der Waals surface area contributed by atoms with E-state index >= 15 is 0 Å². The summed E-state index contributed by atoms with van der Waals surface area (Å²) < 4.78 is 18.7. The molecule has 3 rings (SSSR count). The molecule has 0 unspecified atom stereocenters. The normalized spacial score (nSPS) is 10.5. The van der Waals surface area contributed by atoms with Crippen molar-refractivity contribution in [3.05, 3.63) is 65.6 Å². The molecule has 128 valence electrons. The number of aromatic nitrogens is 2. The fourth-order valence-corrected chi connectivity index (χ4v) is 2.52. The van der Waals surface area contributed by atoms with Gasteiger partial charge in [0, 0.05) is 11.3 Å². The molecule has 5 nitrogen and oxygen atoms in total. The Balaban J connectivity index is 1.72. The molecule has 1 amide bonds. The summed E-state index contributed by atoms with van der Waals surface area (Å²) in [6, 6.07) is 13.5. The molecule has 0 radical (unpaired) electrons. The first-order valence-corrected chi connectivity index (χ1v) is 7.84. The van der Waals surface area contributed by atoms with Gasteiger partial charge in [0.2, 0.25) is 0 Å². The number of aromatic amines is 1. The molecule has 0 bridgehead atoms. The maximum Gasteiger partial charge on any atom is 0.263 e. The molecule has 0 fully saturated rings. The number of nitrogens with one attached hydrogen (secondary N) is 2. The molecule has 0 atom stereocenters. The standard InChI is InChI=1S/C19H18FN3O2/c1-12-5-3-4-6-16(12)25-11-17(24)21-19-18(13(2)22-23-19)14-7-9-15(20)10-8-14/h3-10H,11H2,1-2H3,(H2,21,22,23,24). The van der Waals surface area contributed by atoms with Crippen molar-refractivity contribution in [2.75, 3.05) is 11.9 Å². The van der Waals surface area contributed by atoms with E-state index < -0.39 is 0 Å². The molecule has 0 spiro atoms. The average Bonchev–Trinajstić information content (AvgIpc) is 2.95. The third-order valence-electron chi connectivity index (χ3n) is 3.79. The van der Waals surface area contributed by atoms with E-state index in [1.165, 1.54) is 12.1 Å². The molecule has 0 aliphatic rings. The Kier molecular flexibility index (Phi) is 4.79. The summed E-state index contributed by atoms with van der Waals surface area (Å²) in [4.78, 5) is 12.2. The Hall–Kier alpha value is -3.15. The molecule has 0 saturated heterocycles. The van der Waals surface area contributed by atoms with Crippen LogP contribution in [0.2, 0.25) is 0 Å². The van der Waals surface area contributed by atoms with E-state index in [1.54, 1.807) is 12.1 Å². The number of amides is 1. The number of para-hydroxylation sites is 1. The summed E-state index contributed by atoms with van der Waals surface area (Å²) in [5.41, 5.74) is 3.23. The van der Waals surface area contributed by atoms with Crippen LogP contribution < -0.4 is 10.1 Å². The molecule has 0 aliphatic heterocycles. The number of nitrogens with zero attached hydrogens (tertiary/aromatic N) is 1. The van der Waals surface area contributed by atoms with E-state index in [-0.39, 0.29) is 18.3 Å². The van der Waals surface area contributed by atoms with Gasteiger partial charge in [0.1, 0.15) is 11.6 Å². The minimum atomic E-state index is -0.321. The number of aryl methyl sites for hydroxylation is 2. The van der Waals surface area contributed by atoms with Crippen LogP contribution in [0.1, 0.15) is 11.3 Å². The van der Waals surface area contributed by atoms with Crippen LogP contribution in [0.15, 0.2) is 48.5 Å². The van der Waals surface area contributed by atoms with Gasteiger partial charge in [0.15, 0.2) is 12.4 Å². The fourth-order valence-electron chi connectivity index (χ4n) is 2.52. The van der Waals surface area contributed by atoms with Crippen LogP contribution >= 0.6 is 0 Å². The molecular weight excluding hydrogens is 321 g/mol. The van der Waals surface area contributed by atoms with E-state index in [4.69, 9.17) is 4.74 Å². The number of benzene rings is 2. The first-order valence-electron chi connectivity index (χ1n) is 7.84. The first kappa shape index (κ1) is 16.7. The van der Waals surface area contributed by atoms with Crippen molar-refractivity contribution < 1.29 is 13.9 Å². The van der Waals surface area contributed by atoms with Gasteiger partial charge in [-0.05, 0) is 43.2 Å². The Bertz CT molecular complexity index is 888. The largest absolute Gasteiger partial charge is 0.483 e. The Morgan fingerprint density at radius 1 is 1.16 bits per heavy atom. The van der Waals surface area contributed by atoms with Gasteiger partial charge in [0.25, 0.3) is 5.91 Å². The topological polar surface area (TPSA) is 67.0 Å². The zero-order chi connectivity index (χ0) is 17.8. The fraction of sp³-hybridized carbons (Fsp3) is 0.158. The van der Waals surface area contributed by atoms with Crippen LogP contribution in [0, 0.1) is 19.7 Å². The van der Waals surface area contributed by atoms with Crippen molar-refractivity contribution in [3.63, 3.8) is 0 Å². The van der Waals surface area contributed by atoms with E-state index in [1.807, 2.05) is 38.1 Å². The summed E-state index contributed by atoms with van der Waals surface area (Å²) in [5.74, 6) is 0.414. The molecule has 1 aromatic heterocycles. The van der Waals surface area contributed by atoms with Crippen LogP contribution in [0.25, 0.3) is 11.1 Å². The lowest BCUT2D eigenvalue weighted by Gasteiger charge is -2.09. The monoisotopic (exact) mass is 339 g/mol. The van der Waals surface area contributed by atoms with Crippen molar-refractivity contribution in [1.29, 1.82) is 0 Å². The summed E-state index contributed by atoms with van der Waals surface area (Å²) in [7, 11) is 0. The number of H-pyrrole nitrogens is 1. The molecule has 25 heavy (non-hydrogen) atoms. The van der Waals surface area contributed by atoms with E-state index in [9.17, 15) is 9.18 Å². The number of rotatable bonds is 5. The van der Waals surface area contributed by atoms with E-state index in [0.717, 1.165) is 22.4 Å². The second kappa shape index (κ2) is 7.17. The minimum Gasteiger partial charge on any atom is -0.483 e. The van der Waals surface area contributed by atoms with Crippen LogP contribution in [0.5, 0.6) is 5.75 Å². The van der Waals surface area contributed by atoms with Crippen LogP contribution in [-0.2, 0) is 4.79 Å². The number of anilines is 1. The van der Waals surface area contributed by atoms with Crippen LogP contribution in [0.4, 0.5) is 10.2 Å². The quantitative estimate of drug-likeness (QED) is 0.742.